The van der Waals surface area contributed by atoms with Crippen LogP contribution >= 0.6 is 11.3 Å². The molecule has 120 valence electrons. The average Bonchev–Trinajstić information content (AvgIpc) is 2.91. The van der Waals surface area contributed by atoms with Gasteiger partial charge in [-0.3, -0.25) is 9.48 Å². The Hall–Kier alpha value is -1.83. The van der Waals surface area contributed by atoms with Crippen LogP contribution in [-0.4, -0.2) is 21.9 Å². The number of nitrogens with one attached hydrogen (secondary N) is 1. The first kappa shape index (κ1) is 16.5. The molecule has 0 aliphatic heterocycles. The second-order valence-corrected chi connectivity index (χ2v) is 6.17. The summed E-state index contributed by atoms with van der Waals surface area (Å²) in [5.41, 5.74) is 0.890. The van der Waals surface area contributed by atoms with E-state index in [1.807, 2.05) is 0 Å². The summed E-state index contributed by atoms with van der Waals surface area (Å²) in [7, 11) is 1.57. The number of rotatable bonds is 3. The molecule has 1 N–H and O–H groups in total. The van der Waals surface area contributed by atoms with E-state index < -0.39 is 18.1 Å². The number of aryl methyl sites for hydroxylation is 3. The number of hydrogen-bond donors (Lipinski definition) is 1. The van der Waals surface area contributed by atoms with Crippen molar-refractivity contribution in [2.24, 2.45) is 7.05 Å². The number of amides is 1. The maximum atomic E-state index is 13.4. The van der Waals surface area contributed by atoms with Gasteiger partial charge in [0.1, 0.15) is 0 Å². The van der Waals surface area contributed by atoms with Crippen molar-refractivity contribution in [3.8, 4) is 0 Å². The minimum absolute atomic E-state index is 0.00349. The molecule has 0 spiro atoms. The number of aromatic nitrogens is 2. The summed E-state index contributed by atoms with van der Waals surface area (Å²) >= 11 is 1.31. The highest BCUT2D eigenvalue weighted by Crippen LogP contribution is 2.36. The Morgan fingerprint density at radius 2 is 2.00 bits per heavy atom. The number of thiophene rings is 1. The van der Waals surface area contributed by atoms with Gasteiger partial charge in [0.15, 0.2) is 6.04 Å². The summed E-state index contributed by atoms with van der Waals surface area (Å²) in [6, 6.07) is -0.556. The highest BCUT2D eigenvalue weighted by molar-refractivity contribution is 7.10. The first-order valence-electron chi connectivity index (χ1n) is 6.54. The minimum atomic E-state index is -4.60. The van der Waals surface area contributed by atoms with E-state index in [1.165, 1.54) is 29.0 Å². The van der Waals surface area contributed by atoms with Crippen LogP contribution in [0.5, 0.6) is 0 Å². The Morgan fingerprint density at radius 1 is 1.36 bits per heavy atom. The molecule has 0 aliphatic carbocycles. The molecule has 0 radical (unpaired) electrons. The molecule has 0 saturated carbocycles. The van der Waals surface area contributed by atoms with E-state index >= 15 is 0 Å². The van der Waals surface area contributed by atoms with Crippen LogP contribution in [0.2, 0.25) is 0 Å². The molecular weight excluding hydrogens is 315 g/mol. The van der Waals surface area contributed by atoms with Gasteiger partial charge in [0.25, 0.3) is 5.91 Å². The molecule has 22 heavy (non-hydrogen) atoms. The van der Waals surface area contributed by atoms with Crippen LogP contribution in [0.4, 0.5) is 13.2 Å². The Balaban J connectivity index is 2.40. The molecule has 1 atom stereocenters. The predicted molar refractivity (Wildman–Crippen MR) is 78.0 cm³/mol. The largest absolute Gasteiger partial charge is 0.413 e. The summed E-state index contributed by atoms with van der Waals surface area (Å²) in [6.45, 7) is 4.75. The van der Waals surface area contributed by atoms with Crippen LogP contribution < -0.4 is 5.32 Å². The van der Waals surface area contributed by atoms with Gasteiger partial charge in [-0.2, -0.15) is 18.3 Å². The van der Waals surface area contributed by atoms with Crippen molar-refractivity contribution in [2.45, 2.75) is 33.0 Å². The van der Waals surface area contributed by atoms with Crippen molar-refractivity contribution in [1.29, 1.82) is 0 Å². The van der Waals surface area contributed by atoms with Gasteiger partial charge in [-0.1, -0.05) is 0 Å². The maximum Gasteiger partial charge on any atom is 0.413 e. The number of carbonyl (C=O) groups excluding carboxylic acids is 1. The standard InChI is InChI=1S/C14H16F3N3OS/c1-7-11(8(2)20(4)19-7)12(14(15,16)17)18-13(21)10-5-6-22-9(10)3/h5-6,12H,1-4H3,(H,18,21). The predicted octanol–water partition coefficient (Wildman–Crippen LogP) is 3.44. The molecule has 0 fully saturated rings. The van der Waals surface area contributed by atoms with Crippen LogP contribution in [0.25, 0.3) is 0 Å². The van der Waals surface area contributed by atoms with Crippen molar-refractivity contribution in [3.63, 3.8) is 0 Å². The zero-order chi connectivity index (χ0) is 16.7. The molecule has 1 amide bonds. The minimum Gasteiger partial charge on any atom is -0.337 e. The normalized spacial score (nSPS) is 13.2. The van der Waals surface area contributed by atoms with Crippen LogP contribution in [0.1, 0.15) is 38.2 Å². The average molecular weight is 331 g/mol. The smallest absolute Gasteiger partial charge is 0.337 e. The van der Waals surface area contributed by atoms with Gasteiger partial charge in [-0.25, -0.2) is 0 Å². The zero-order valence-corrected chi connectivity index (χ0v) is 13.4. The fraction of sp³-hybridized carbons (Fsp3) is 0.429. The van der Waals surface area contributed by atoms with Crippen LogP contribution in [0.3, 0.4) is 0 Å². The molecule has 2 aromatic rings. The topological polar surface area (TPSA) is 46.9 Å². The maximum absolute atomic E-state index is 13.4. The first-order chi connectivity index (χ1) is 10.1. The van der Waals surface area contributed by atoms with Gasteiger partial charge < -0.3 is 5.32 Å². The lowest BCUT2D eigenvalue weighted by molar-refractivity contribution is -0.155. The summed E-state index contributed by atoms with van der Waals surface area (Å²) in [6.07, 6.45) is -4.60. The Bertz CT molecular complexity index is 703. The van der Waals surface area contributed by atoms with Gasteiger partial charge in [0.2, 0.25) is 0 Å². The van der Waals surface area contributed by atoms with E-state index in [-0.39, 0.29) is 16.8 Å². The Labute approximate surface area is 129 Å². The van der Waals surface area contributed by atoms with Crippen molar-refractivity contribution in [1.82, 2.24) is 15.1 Å². The third-order valence-electron chi connectivity index (χ3n) is 3.56. The Morgan fingerprint density at radius 3 is 2.41 bits per heavy atom. The van der Waals surface area contributed by atoms with Crippen molar-refractivity contribution in [2.75, 3.05) is 0 Å². The summed E-state index contributed by atoms with van der Waals surface area (Å²) in [4.78, 5) is 12.8. The van der Waals surface area contributed by atoms with Gasteiger partial charge in [-0.15, -0.1) is 11.3 Å². The van der Waals surface area contributed by atoms with Crippen molar-refractivity contribution >= 4 is 17.2 Å². The molecule has 1 unspecified atom stereocenters. The molecular formula is C14H16F3N3OS. The van der Waals surface area contributed by atoms with E-state index in [0.717, 1.165) is 0 Å². The molecule has 0 bridgehead atoms. The fourth-order valence-corrected chi connectivity index (χ4v) is 3.05. The van der Waals surface area contributed by atoms with Crippen LogP contribution in [0.15, 0.2) is 11.4 Å². The van der Waals surface area contributed by atoms with Crippen LogP contribution in [0, 0.1) is 20.8 Å². The molecule has 2 rings (SSSR count). The van der Waals surface area contributed by atoms with E-state index in [4.69, 9.17) is 0 Å². The van der Waals surface area contributed by atoms with Gasteiger partial charge in [0, 0.05) is 23.2 Å². The highest BCUT2D eigenvalue weighted by Gasteiger charge is 2.44. The molecule has 2 heterocycles. The third-order valence-corrected chi connectivity index (χ3v) is 4.41. The highest BCUT2D eigenvalue weighted by atomic mass is 32.1. The zero-order valence-electron chi connectivity index (χ0n) is 12.6. The van der Waals surface area contributed by atoms with E-state index in [9.17, 15) is 18.0 Å². The molecule has 0 aromatic carbocycles. The SMILES string of the molecule is Cc1nn(C)c(C)c1C(NC(=O)c1ccsc1C)C(F)(F)F. The lowest BCUT2D eigenvalue weighted by Crippen LogP contribution is -2.38. The molecule has 0 saturated heterocycles. The number of halogens is 3. The lowest BCUT2D eigenvalue weighted by atomic mass is 10.0. The molecule has 2 aromatic heterocycles. The molecule has 8 heteroatoms. The summed E-state index contributed by atoms with van der Waals surface area (Å²) in [5, 5.41) is 7.77. The second-order valence-electron chi connectivity index (χ2n) is 5.05. The fourth-order valence-electron chi connectivity index (χ4n) is 2.35. The number of alkyl halides is 3. The number of hydrogen-bond acceptors (Lipinski definition) is 3. The third kappa shape index (κ3) is 3.01. The van der Waals surface area contributed by atoms with Gasteiger partial charge in [0.05, 0.1) is 11.3 Å². The number of nitrogens with zero attached hydrogens (tertiary/aromatic N) is 2. The van der Waals surface area contributed by atoms with Gasteiger partial charge in [-0.05, 0) is 32.2 Å². The van der Waals surface area contributed by atoms with Gasteiger partial charge >= 0.3 is 6.18 Å². The quantitative estimate of drug-likeness (QED) is 0.936. The Kier molecular flexibility index (Phi) is 4.32. The molecule has 4 nitrogen and oxygen atoms in total. The monoisotopic (exact) mass is 331 g/mol. The van der Waals surface area contributed by atoms with E-state index in [0.29, 0.717) is 10.6 Å². The second kappa shape index (κ2) is 5.75. The van der Waals surface area contributed by atoms with Crippen LogP contribution in [-0.2, 0) is 7.05 Å². The van der Waals surface area contributed by atoms with E-state index in [1.54, 1.807) is 26.3 Å². The summed E-state index contributed by atoms with van der Waals surface area (Å²) < 4.78 is 41.7. The van der Waals surface area contributed by atoms with E-state index in [2.05, 4.69) is 10.4 Å². The van der Waals surface area contributed by atoms with Crippen molar-refractivity contribution in [3.05, 3.63) is 38.8 Å². The molecule has 0 aliphatic rings. The number of carbonyl (C=O) groups is 1. The lowest BCUT2D eigenvalue weighted by Gasteiger charge is -2.22. The van der Waals surface area contributed by atoms with Crippen molar-refractivity contribution < 1.29 is 18.0 Å². The summed E-state index contributed by atoms with van der Waals surface area (Å²) in [5.74, 6) is -0.733. The first-order valence-corrected chi connectivity index (χ1v) is 7.42.